The molecule has 2 aromatic rings. The topological polar surface area (TPSA) is 107 Å². The third kappa shape index (κ3) is 6.22. The number of ether oxygens (including phenoxy) is 2. The minimum Gasteiger partial charge on any atom is -0.389 e. The van der Waals surface area contributed by atoms with E-state index >= 15 is 0 Å². The second kappa shape index (κ2) is 11.5. The molecule has 4 amide bonds. The number of carbonyl (C=O) groups is 2. The van der Waals surface area contributed by atoms with E-state index in [0.717, 1.165) is 4.90 Å². The number of aliphatic hydroxyl groups excluding tert-OH is 1. The molecule has 2 saturated heterocycles. The maximum Gasteiger partial charge on any atom is 0.330 e. The molecule has 0 spiro atoms. The first-order valence-corrected chi connectivity index (χ1v) is 11.9. The lowest BCUT2D eigenvalue weighted by Gasteiger charge is -2.45. The van der Waals surface area contributed by atoms with Gasteiger partial charge in [0.2, 0.25) is 0 Å². The summed E-state index contributed by atoms with van der Waals surface area (Å²) in [6, 6.07) is 6.57. The number of halogens is 2. The third-order valence-corrected chi connectivity index (χ3v) is 6.43. The van der Waals surface area contributed by atoms with Crippen LogP contribution in [-0.2, 0) is 9.47 Å². The summed E-state index contributed by atoms with van der Waals surface area (Å²) < 4.78 is 38.5. The highest BCUT2D eigenvalue weighted by atomic mass is 19.1. The average molecular weight is 520 g/mol. The number of likely N-dealkylation sites (N-methyl/N-ethyl adjacent to an activating group) is 2. The fourth-order valence-corrected chi connectivity index (χ4v) is 4.47. The van der Waals surface area contributed by atoms with Gasteiger partial charge >= 0.3 is 12.1 Å². The molecule has 37 heavy (non-hydrogen) atoms. The number of benzene rings is 2. The minimum absolute atomic E-state index is 0.0641. The van der Waals surface area contributed by atoms with Gasteiger partial charge in [0.1, 0.15) is 17.7 Å². The van der Waals surface area contributed by atoms with Crippen LogP contribution >= 0.6 is 0 Å². The Morgan fingerprint density at radius 2 is 1.41 bits per heavy atom. The van der Waals surface area contributed by atoms with Crippen molar-refractivity contribution in [3.05, 3.63) is 60.2 Å². The normalized spacial score (nSPS) is 24.8. The highest BCUT2D eigenvalue weighted by Crippen LogP contribution is 2.34. The first-order chi connectivity index (χ1) is 17.6. The summed E-state index contributed by atoms with van der Waals surface area (Å²) >= 11 is 0. The van der Waals surface area contributed by atoms with Gasteiger partial charge in [0.05, 0.1) is 24.8 Å². The van der Waals surface area contributed by atoms with Gasteiger partial charge in [-0.25, -0.2) is 23.3 Å². The van der Waals surface area contributed by atoms with Gasteiger partial charge in [-0.15, -0.1) is 0 Å². The minimum atomic E-state index is -1.21. The Kier molecular flexibility index (Phi) is 8.35. The summed E-state index contributed by atoms with van der Waals surface area (Å²) in [5.74, 6) is -0.976. The van der Waals surface area contributed by atoms with Gasteiger partial charge in [0, 0.05) is 24.5 Å². The lowest BCUT2D eigenvalue weighted by atomic mass is 9.94. The van der Waals surface area contributed by atoms with Crippen molar-refractivity contribution in [3.8, 4) is 0 Å². The third-order valence-electron chi connectivity index (χ3n) is 6.43. The molecule has 2 aliphatic rings. The second-order valence-electron chi connectivity index (χ2n) is 9.38. The van der Waals surface area contributed by atoms with Crippen LogP contribution in [0.3, 0.4) is 0 Å². The van der Waals surface area contributed by atoms with Crippen LogP contribution in [0.1, 0.15) is 0 Å². The number of aliphatic hydroxyl groups is 1. The summed E-state index contributed by atoms with van der Waals surface area (Å²) in [6.45, 7) is 1.33. The van der Waals surface area contributed by atoms with Gasteiger partial charge in [0.15, 0.2) is 6.29 Å². The molecule has 5 atom stereocenters. The summed E-state index contributed by atoms with van der Waals surface area (Å²) in [6.07, 6.45) is -2.72. The number of nitrogens with zero attached hydrogens (tertiary/aromatic N) is 3. The SMILES string of the molecule is CN(C)CCN(C)[C@H]1[C@@H]2OC[C@@H](O2)[C@@H](N(C(=O)Nc2ccc(F)cc2)C(=O)Nc2ccc(F)cc2)[C@@H]1O. The van der Waals surface area contributed by atoms with Crippen molar-refractivity contribution in [1.29, 1.82) is 0 Å². The Balaban J connectivity index is 1.63. The molecule has 2 aliphatic heterocycles. The Bertz CT molecular complexity index is 1030. The van der Waals surface area contributed by atoms with Gasteiger partial charge in [-0.05, 0) is 69.7 Å². The second-order valence-corrected chi connectivity index (χ2v) is 9.38. The fourth-order valence-electron chi connectivity index (χ4n) is 4.47. The lowest BCUT2D eigenvalue weighted by molar-refractivity contribution is -0.186. The van der Waals surface area contributed by atoms with Crippen LogP contribution < -0.4 is 10.6 Å². The zero-order chi connectivity index (χ0) is 26.7. The van der Waals surface area contributed by atoms with Crippen LogP contribution in [-0.4, -0.2) is 103 Å². The molecule has 2 bridgehead atoms. The monoisotopic (exact) mass is 519 g/mol. The number of nitrogens with one attached hydrogen (secondary N) is 2. The van der Waals surface area contributed by atoms with Gasteiger partial charge < -0.3 is 30.1 Å². The number of hydrogen-bond donors (Lipinski definition) is 3. The molecule has 200 valence electrons. The Hall–Kier alpha value is -3.16. The molecule has 2 fully saturated rings. The van der Waals surface area contributed by atoms with Crippen molar-refractivity contribution in [2.45, 2.75) is 30.6 Å². The van der Waals surface area contributed by atoms with E-state index < -0.39 is 54.3 Å². The highest BCUT2D eigenvalue weighted by Gasteiger charge is 2.55. The molecular formula is C25H31F2N5O5. The Labute approximate surface area is 213 Å². The smallest absolute Gasteiger partial charge is 0.330 e. The van der Waals surface area contributed by atoms with E-state index in [0.29, 0.717) is 13.1 Å². The zero-order valence-corrected chi connectivity index (χ0v) is 20.8. The molecule has 2 heterocycles. The van der Waals surface area contributed by atoms with E-state index in [9.17, 15) is 23.5 Å². The number of hydrogen-bond acceptors (Lipinski definition) is 7. The number of carbonyl (C=O) groups excluding carboxylic acids is 2. The van der Waals surface area contributed by atoms with Crippen LogP contribution in [0.25, 0.3) is 0 Å². The molecule has 10 nitrogen and oxygen atoms in total. The predicted octanol–water partition coefficient (Wildman–Crippen LogP) is 2.38. The number of rotatable bonds is 7. The number of imide groups is 1. The van der Waals surface area contributed by atoms with Gasteiger partial charge in [-0.3, -0.25) is 4.90 Å². The van der Waals surface area contributed by atoms with Crippen LogP contribution in [0.4, 0.5) is 29.7 Å². The average Bonchev–Trinajstić information content (AvgIpc) is 3.27. The fraction of sp³-hybridized carbons (Fsp3) is 0.440. The number of amides is 4. The molecule has 0 radical (unpaired) electrons. The molecule has 0 saturated carbocycles. The molecule has 0 aromatic heterocycles. The molecule has 2 aromatic carbocycles. The number of urea groups is 2. The van der Waals surface area contributed by atoms with Crippen molar-refractivity contribution in [3.63, 3.8) is 0 Å². The van der Waals surface area contributed by atoms with Crippen LogP contribution in [0, 0.1) is 11.6 Å². The van der Waals surface area contributed by atoms with Crippen LogP contribution in [0.2, 0.25) is 0 Å². The van der Waals surface area contributed by atoms with Crippen LogP contribution in [0.5, 0.6) is 0 Å². The largest absolute Gasteiger partial charge is 0.389 e. The van der Waals surface area contributed by atoms with E-state index in [1.807, 2.05) is 23.9 Å². The molecular weight excluding hydrogens is 488 g/mol. The highest BCUT2D eigenvalue weighted by molar-refractivity contribution is 6.05. The van der Waals surface area contributed by atoms with Crippen molar-refractivity contribution < 1.29 is 33.0 Å². The molecule has 0 unspecified atom stereocenters. The number of fused-ring (bicyclic) bond motifs is 2. The van der Waals surface area contributed by atoms with E-state index in [1.54, 1.807) is 7.05 Å². The molecule has 12 heteroatoms. The maximum atomic E-state index is 13.5. The Morgan fingerprint density at radius 1 is 0.892 bits per heavy atom. The first-order valence-electron chi connectivity index (χ1n) is 11.9. The predicted molar refractivity (Wildman–Crippen MR) is 132 cm³/mol. The van der Waals surface area contributed by atoms with E-state index in [4.69, 9.17) is 9.47 Å². The van der Waals surface area contributed by atoms with E-state index in [-0.39, 0.29) is 18.0 Å². The van der Waals surface area contributed by atoms with Gasteiger partial charge in [-0.1, -0.05) is 0 Å². The van der Waals surface area contributed by atoms with E-state index in [1.165, 1.54) is 48.5 Å². The number of anilines is 2. The quantitative estimate of drug-likeness (QED) is 0.516. The maximum absolute atomic E-state index is 13.5. The summed E-state index contributed by atoms with van der Waals surface area (Å²) in [5.41, 5.74) is 0.495. The molecule has 4 rings (SSSR count). The summed E-state index contributed by atoms with van der Waals surface area (Å²) in [7, 11) is 5.66. The lowest BCUT2D eigenvalue weighted by Crippen LogP contribution is -2.67. The Morgan fingerprint density at radius 3 is 1.89 bits per heavy atom. The van der Waals surface area contributed by atoms with Gasteiger partial charge in [-0.2, -0.15) is 0 Å². The van der Waals surface area contributed by atoms with Crippen molar-refractivity contribution >= 4 is 23.4 Å². The zero-order valence-electron chi connectivity index (χ0n) is 20.8. The summed E-state index contributed by atoms with van der Waals surface area (Å²) in [5, 5.41) is 16.7. The van der Waals surface area contributed by atoms with Crippen molar-refractivity contribution in [2.24, 2.45) is 0 Å². The molecule has 3 N–H and O–H groups in total. The standard InChI is InChI=1S/C25H31F2N5O5/c1-30(2)12-13-31(3)21-22(33)20(19-14-36-23(21)37-19)32(24(34)28-17-8-4-15(26)5-9-17)25(35)29-18-10-6-16(27)7-11-18/h4-11,19-23,33H,12-14H2,1-3H3,(H,28,34)(H,29,35)/t19-,20-,21-,22+,23-/m1/s1. The van der Waals surface area contributed by atoms with Gasteiger partial charge in [0.25, 0.3) is 0 Å². The summed E-state index contributed by atoms with van der Waals surface area (Å²) in [4.78, 5) is 31.6. The molecule has 0 aliphatic carbocycles. The van der Waals surface area contributed by atoms with Crippen molar-refractivity contribution in [1.82, 2.24) is 14.7 Å². The van der Waals surface area contributed by atoms with Crippen LogP contribution in [0.15, 0.2) is 48.5 Å². The van der Waals surface area contributed by atoms with E-state index in [2.05, 4.69) is 10.6 Å². The van der Waals surface area contributed by atoms with Crippen molar-refractivity contribution in [2.75, 3.05) is 51.5 Å². The first kappa shape index (κ1) is 26.9.